The number of carboxylic acids is 1. The van der Waals surface area contributed by atoms with Gasteiger partial charge in [0, 0.05) is 19.3 Å². The molecular formula is C65H104O12. The average Bonchev–Trinajstić information content (AvgIpc) is 3.42. The molecule has 6 unspecified atom stereocenters. The zero-order chi connectivity index (χ0) is 56.1. The molecule has 1 aliphatic rings. The first-order chi connectivity index (χ1) is 37.6. The maximum absolute atomic E-state index is 13.2. The van der Waals surface area contributed by atoms with Crippen LogP contribution in [0.2, 0.25) is 0 Å². The zero-order valence-electron chi connectivity index (χ0n) is 47.9. The number of aliphatic carboxylic acids is 1. The molecular weight excluding hydrogens is 973 g/mol. The molecule has 1 rings (SSSR count). The highest BCUT2D eigenvalue weighted by atomic mass is 16.7. The molecule has 77 heavy (non-hydrogen) atoms. The van der Waals surface area contributed by atoms with Crippen molar-refractivity contribution in [1.82, 2.24) is 0 Å². The molecule has 6 atom stereocenters. The van der Waals surface area contributed by atoms with Gasteiger partial charge in [-0.2, -0.15) is 0 Å². The standard InChI is InChI=1S/C65H104O12/c1-4-7-10-13-16-19-22-25-27-29-31-34-36-39-42-45-48-51-57(66)73-54-56(75-58(67)52-49-46-43-40-38-35-32-30-28-26-23-20-17-14-11-8-5-2)55-74-65-63(61(70)60(69)62(77-65)64(71)72)76-59(68)53-50-47-44-41-37-33-24-21-18-15-12-9-6-3/h7,10,12,15-17,19-21,24-28,31,34,39,42,56,60-63,65,69-70H,4-6,8-9,11,13-14,18,22-23,29-30,32-33,35-38,40-41,43-55H2,1-3H3,(H,71,72)/b10-7-,15-12-,19-16-,20-17-,24-21-,27-25-,28-26-,34-31-,42-39-. The smallest absolute Gasteiger partial charge is 0.335 e. The van der Waals surface area contributed by atoms with E-state index in [1.807, 2.05) is 6.08 Å². The number of rotatable bonds is 49. The van der Waals surface area contributed by atoms with Gasteiger partial charge in [-0.15, -0.1) is 0 Å². The molecule has 0 radical (unpaired) electrons. The minimum absolute atomic E-state index is 0.0326. The van der Waals surface area contributed by atoms with E-state index >= 15 is 0 Å². The summed E-state index contributed by atoms with van der Waals surface area (Å²) in [5.74, 6) is -3.24. The Morgan fingerprint density at radius 2 is 0.857 bits per heavy atom. The van der Waals surface area contributed by atoms with Crippen LogP contribution in [0.1, 0.15) is 226 Å². The Morgan fingerprint density at radius 1 is 0.442 bits per heavy atom. The van der Waals surface area contributed by atoms with Crippen LogP contribution in [0.25, 0.3) is 0 Å². The largest absolute Gasteiger partial charge is 0.479 e. The molecule has 1 fully saturated rings. The molecule has 0 bridgehead atoms. The van der Waals surface area contributed by atoms with Crippen LogP contribution in [0, 0.1) is 0 Å². The van der Waals surface area contributed by atoms with Crippen molar-refractivity contribution < 1.29 is 58.2 Å². The Morgan fingerprint density at radius 3 is 1.34 bits per heavy atom. The van der Waals surface area contributed by atoms with E-state index in [0.717, 1.165) is 141 Å². The molecule has 0 amide bonds. The molecule has 1 heterocycles. The van der Waals surface area contributed by atoms with Crippen LogP contribution in [0.15, 0.2) is 109 Å². The van der Waals surface area contributed by atoms with Crippen molar-refractivity contribution in [1.29, 1.82) is 0 Å². The van der Waals surface area contributed by atoms with Gasteiger partial charge in [0.05, 0.1) is 6.61 Å². The highest BCUT2D eigenvalue weighted by Gasteiger charge is 2.50. The highest BCUT2D eigenvalue weighted by Crippen LogP contribution is 2.26. The van der Waals surface area contributed by atoms with Crippen LogP contribution in [0.5, 0.6) is 0 Å². The van der Waals surface area contributed by atoms with Crippen molar-refractivity contribution in [2.45, 2.75) is 263 Å². The predicted molar refractivity (Wildman–Crippen MR) is 312 cm³/mol. The van der Waals surface area contributed by atoms with Gasteiger partial charge in [0.1, 0.15) is 18.8 Å². The third-order valence-corrected chi connectivity index (χ3v) is 12.8. The number of aliphatic hydroxyl groups is 2. The summed E-state index contributed by atoms with van der Waals surface area (Å²) in [6.07, 6.45) is 57.7. The van der Waals surface area contributed by atoms with Gasteiger partial charge in [-0.1, -0.05) is 201 Å². The number of ether oxygens (including phenoxy) is 5. The molecule has 0 aromatic carbocycles. The number of unbranched alkanes of at least 4 members (excludes halogenated alkanes) is 17. The van der Waals surface area contributed by atoms with E-state index in [-0.39, 0.29) is 25.9 Å². The molecule has 0 aromatic rings. The maximum atomic E-state index is 13.2. The lowest BCUT2D eigenvalue weighted by Crippen LogP contribution is -2.61. The van der Waals surface area contributed by atoms with E-state index < -0.39 is 67.3 Å². The second-order valence-corrected chi connectivity index (χ2v) is 19.9. The zero-order valence-corrected chi connectivity index (χ0v) is 47.9. The molecule has 436 valence electrons. The average molecular weight is 1080 g/mol. The first-order valence-corrected chi connectivity index (χ1v) is 29.9. The van der Waals surface area contributed by atoms with Crippen LogP contribution < -0.4 is 0 Å². The monoisotopic (exact) mass is 1080 g/mol. The van der Waals surface area contributed by atoms with Crippen molar-refractivity contribution in [3.63, 3.8) is 0 Å². The van der Waals surface area contributed by atoms with Crippen molar-refractivity contribution >= 4 is 23.9 Å². The van der Waals surface area contributed by atoms with E-state index in [9.17, 15) is 34.5 Å². The van der Waals surface area contributed by atoms with E-state index in [2.05, 4.69) is 124 Å². The molecule has 12 heteroatoms. The number of hydrogen-bond acceptors (Lipinski definition) is 11. The van der Waals surface area contributed by atoms with Gasteiger partial charge in [-0.05, 0) is 116 Å². The Balaban J connectivity index is 2.75. The van der Waals surface area contributed by atoms with Crippen molar-refractivity contribution in [3.05, 3.63) is 109 Å². The third kappa shape index (κ3) is 42.1. The van der Waals surface area contributed by atoms with E-state index in [1.165, 1.54) is 19.3 Å². The number of esters is 3. The fourth-order valence-electron chi connectivity index (χ4n) is 8.23. The molecule has 12 nitrogen and oxygen atoms in total. The van der Waals surface area contributed by atoms with Crippen LogP contribution in [-0.4, -0.2) is 89.2 Å². The van der Waals surface area contributed by atoms with Gasteiger partial charge in [0.25, 0.3) is 0 Å². The molecule has 0 spiro atoms. The number of carbonyl (C=O) groups is 4. The van der Waals surface area contributed by atoms with Gasteiger partial charge in [0.15, 0.2) is 24.6 Å². The number of hydrogen-bond donors (Lipinski definition) is 3. The molecule has 0 saturated carbocycles. The molecule has 0 aromatic heterocycles. The van der Waals surface area contributed by atoms with Crippen molar-refractivity contribution in [2.24, 2.45) is 0 Å². The highest BCUT2D eigenvalue weighted by molar-refractivity contribution is 5.74. The summed E-state index contributed by atoms with van der Waals surface area (Å²) in [6.45, 7) is 5.72. The summed E-state index contributed by atoms with van der Waals surface area (Å²) < 4.78 is 28.4. The number of carboxylic acid groups (broad SMARTS) is 1. The molecule has 1 saturated heterocycles. The first kappa shape index (κ1) is 70.4. The summed E-state index contributed by atoms with van der Waals surface area (Å²) >= 11 is 0. The fraction of sp³-hybridized carbons (Fsp3) is 0.662. The van der Waals surface area contributed by atoms with E-state index in [0.29, 0.717) is 25.7 Å². The van der Waals surface area contributed by atoms with Gasteiger partial charge < -0.3 is 39.0 Å². The summed E-state index contributed by atoms with van der Waals surface area (Å²) in [5, 5.41) is 31.5. The molecule has 3 N–H and O–H groups in total. The Hall–Kier alpha value is -4.62. The topological polar surface area (TPSA) is 175 Å². The lowest BCUT2D eigenvalue weighted by molar-refractivity contribution is -0.301. The van der Waals surface area contributed by atoms with Gasteiger partial charge in [0.2, 0.25) is 0 Å². The third-order valence-electron chi connectivity index (χ3n) is 12.8. The number of carbonyl (C=O) groups excluding carboxylic acids is 3. The van der Waals surface area contributed by atoms with Gasteiger partial charge in [-0.3, -0.25) is 14.4 Å². The summed E-state index contributed by atoms with van der Waals surface area (Å²) in [6, 6.07) is 0. The van der Waals surface area contributed by atoms with E-state index in [4.69, 9.17) is 23.7 Å². The quantitative estimate of drug-likeness (QED) is 0.0228. The van der Waals surface area contributed by atoms with Crippen LogP contribution >= 0.6 is 0 Å². The first-order valence-electron chi connectivity index (χ1n) is 29.9. The Bertz CT molecular complexity index is 1750. The van der Waals surface area contributed by atoms with Crippen LogP contribution in [0.4, 0.5) is 0 Å². The normalized spacial score (nSPS) is 18.8. The lowest BCUT2D eigenvalue weighted by Gasteiger charge is -2.40. The maximum Gasteiger partial charge on any atom is 0.335 e. The predicted octanol–water partition coefficient (Wildman–Crippen LogP) is 15.4. The Labute approximate surface area is 465 Å². The SMILES string of the molecule is CC/C=C\C/C=C\C/C=C\C/C=C\C/C=C\CCCC(=O)OCC(COC1OC(C(=O)O)C(O)C(O)C1OC(=O)CCCCCCC/C=C\C/C=C\CCC)OC(=O)CCCCCCCCC/C=C\C/C=C\CCCCC. The molecule has 0 aliphatic carbocycles. The summed E-state index contributed by atoms with van der Waals surface area (Å²) in [5.41, 5.74) is 0. The second-order valence-electron chi connectivity index (χ2n) is 19.9. The van der Waals surface area contributed by atoms with Crippen LogP contribution in [-0.2, 0) is 42.9 Å². The van der Waals surface area contributed by atoms with Gasteiger partial charge >= 0.3 is 23.9 Å². The summed E-state index contributed by atoms with van der Waals surface area (Å²) in [4.78, 5) is 51.1. The van der Waals surface area contributed by atoms with Crippen molar-refractivity contribution in [2.75, 3.05) is 13.2 Å². The minimum atomic E-state index is -1.92. The van der Waals surface area contributed by atoms with Crippen molar-refractivity contribution in [3.8, 4) is 0 Å². The number of allylic oxidation sites excluding steroid dienone is 18. The fourth-order valence-corrected chi connectivity index (χ4v) is 8.23. The van der Waals surface area contributed by atoms with Crippen LogP contribution in [0.3, 0.4) is 0 Å². The number of aliphatic hydroxyl groups excluding tert-OH is 2. The summed E-state index contributed by atoms with van der Waals surface area (Å²) in [7, 11) is 0. The van der Waals surface area contributed by atoms with Gasteiger partial charge in [-0.25, -0.2) is 4.79 Å². The second kappa shape index (κ2) is 52.1. The Kier molecular flexibility index (Phi) is 47.6. The molecule has 1 aliphatic heterocycles. The minimum Gasteiger partial charge on any atom is -0.479 e. The van der Waals surface area contributed by atoms with E-state index in [1.54, 1.807) is 0 Å². The lowest BCUT2D eigenvalue weighted by atomic mass is 9.98.